The first kappa shape index (κ1) is 27.0. The molecular formula is C30H30N2O5S. The molecule has 3 aromatic rings. The third-order valence-electron chi connectivity index (χ3n) is 5.74. The summed E-state index contributed by atoms with van der Waals surface area (Å²) in [6, 6.07) is 20.6. The van der Waals surface area contributed by atoms with E-state index in [9.17, 15) is 9.59 Å². The minimum absolute atomic E-state index is 0.127. The van der Waals surface area contributed by atoms with Gasteiger partial charge in [-0.05, 0) is 80.1 Å². The second-order valence-corrected chi connectivity index (χ2v) is 9.52. The molecule has 7 nitrogen and oxygen atoms in total. The fraction of sp³-hybridized carbons (Fsp3) is 0.233. The van der Waals surface area contributed by atoms with E-state index in [2.05, 4.69) is 24.0 Å². The van der Waals surface area contributed by atoms with Crippen LogP contribution in [0.1, 0.15) is 40.9 Å². The van der Waals surface area contributed by atoms with Gasteiger partial charge in [-0.25, -0.2) is 9.79 Å². The number of nitrogens with zero attached hydrogens (tertiary/aromatic N) is 2. The summed E-state index contributed by atoms with van der Waals surface area (Å²) in [5, 5.41) is 0.550. The van der Waals surface area contributed by atoms with Crippen LogP contribution in [0.3, 0.4) is 0 Å². The summed E-state index contributed by atoms with van der Waals surface area (Å²) in [5.41, 5.74) is 4.04. The fourth-order valence-electron chi connectivity index (χ4n) is 3.92. The van der Waals surface area contributed by atoms with Crippen LogP contribution in [0.25, 0.3) is 6.08 Å². The van der Waals surface area contributed by atoms with Gasteiger partial charge in [0.2, 0.25) is 0 Å². The number of benzene rings is 3. The number of rotatable bonds is 9. The highest BCUT2D eigenvalue weighted by atomic mass is 32.2. The molecule has 1 aliphatic heterocycles. The monoisotopic (exact) mass is 530 g/mol. The van der Waals surface area contributed by atoms with Crippen LogP contribution in [-0.4, -0.2) is 42.2 Å². The molecule has 0 unspecified atom stereocenters. The molecule has 38 heavy (non-hydrogen) atoms. The Balaban J connectivity index is 1.57. The molecular weight excluding hydrogens is 500 g/mol. The molecule has 0 N–H and O–H groups in total. The number of carbonyl (C=O) groups excluding carboxylic acids is 2. The first-order valence-corrected chi connectivity index (χ1v) is 13.2. The normalized spacial score (nSPS) is 15.3. The maximum Gasteiger partial charge on any atom is 0.337 e. The molecule has 1 aliphatic rings. The standard InChI is InChI=1S/C30H30N2O5S/c1-5-32-28(33)27(38-30(32)31-24-12-8-11-23(18-24)29(34)35-4)17-21-13-14-25(26(16-21)36-6-2)37-19-22-10-7-9-20(3)15-22/h7-18H,5-6,19H2,1-4H3. The zero-order valence-corrected chi connectivity index (χ0v) is 22.7. The Morgan fingerprint density at radius 2 is 1.82 bits per heavy atom. The molecule has 0 radical (unpaired) electrons. The topological polar surface area (TPSA) is 77.4 Å². The molecule has 196 valence electrons. The van der Waals surface area contributed by atoms with Crippen molar-refractivity contribution in [2.24, 2.45) is 4.99 Å². The summed E-state index contributed by atoms with van der Waals surface area (Å²) >= 11 is 1.29. The molecule has 1 saturated heterocycles. The van der Waals surface area contributed by atoms with E-state index in [1.54, 1.807) is 29.2 Å². The lowest BCUT2D eigenvalue weighted by Gasteiger charge is -2.13. The lowest BCUT2D eigenvalue weighted by atomic mass is 10.1. The first-order chi connectivity index (χ1) is 18.4. The summed E-state index contributed by atoms with van der Waals surface area (Å²) in [7, 11) is 1.34. The number of esters is 1. The molecule has 1 amide bonds. The van der Waals surface area contributed by atoms with Gasteiger partial charge < -0.3 is 14.2 Å². The molecule has 0 bridgehead atoms. The van der Waals surface area contributed by atoms with Crippen molar-refractivity contribution in [1.82, 2.24) is 4.90 Å². The summed E-state index contributed by atoms with van der Waals surface area (Å²) in [4.78, 5) is 31.8. The summed E-state index contributed by atoms with van der Waals surface area (Å²) in [5.74, 6) is 0.694. The van der Waals surface area contributed by atoms with Gasteiger partial charge in [0.25, 0.3) is 5.91 Å². The number of hydrogen-bond acceptors (Lipinski definition) is 7. The maximum absolute atomic E-state index is 13.2. The van der Waals surface area contributed by atoms with Crippen molar-refractivity contribution in [3.63, 3.8) is 0 Å². The highest BCUT2D eigenvalue weighted by molar-refractivity contribution is 8.18. The zero-order chi connectivity index (χ0) is 27.1. The first-order valence-electron chi connectivity index (χ1n) is 12.4. The summed E-state index contributed by atoms with van der Waals surface area (Å²) in [6.07, 6.45) is 1.83. The van der Waals surface area contributed by atoms with Gasteiger partial charge in [-0.1, -0.05) is 42.0 Å². The third kappa shape index (κ3) is 6.44. The minimum atomic E-state index is -0.438. The highest BCUT2D eigenvalue weighted by Crippen LogP contribution is 2.36. The molecule has 0 spiro atoms. The predicted molar refractivity (Wildman–Crippen MR) is 151 cm³/mol. The zero-order valence-electron chi connectivity index (χ0n) is 21.9. The van der Waals surface area contributed by atoms with Crippen molar-refractivity contribution in [2.75, 3.05) is 20.3 Å². The van der Waals surface area contributed by atoms with Gasteiger partial charge in [0.05, 0.1) is 29.9 Å². The van der Waals surface area contributed by atoms with E-state index >= 15 is 0 Å². The van der Waals surface area contributed by atoms with Crippen LogP contribution < -0.4 is 9.47 Å². The Morgan fingerprint density at radius 3 is 2.55 bits per heavy atom. The van der Waals surface area contributed by atoms with E-state index in [1.165, 1.54) is 24.4 Å². The van der Waals surface area contributed by atoms with Crippen LogP contribution in [-0.2, 0) is 16.1 Å². The minimum Gasteiger partial charge on any atom is -0.490 e. The number of ether oxygens (including phenoxy) is 3. The van der Waals surface area contributed by atoms with Gasteiger partial charge in [-0.2, -0.15) is 0 Å². The van der Waals surface area contributed by atoms with E-state index in [0.29, 0.717) is 52.6 Å². The molecule has 0 atom stereocenters. The number of carbonyl (C=O) groups is 2. The van der Waals surface area contributed by atoms with Crippen LogP contribution in [0.2, 0.25) is 0 Å². The Bertz CT molecular complexity index is 1400. The molecule has 8 heteroatoms. The molecule has 1 fully saturated rings. The summed E-state index contributed by atoms with van der Waals surface area (Å²) < 4.78 is 16.7. The van der Waals surface area contributed by atoms with E-state index in [1.807, 2.05) is 50.3 Å². The predicted octanol–water partition coefficient (Wildman–Crippen LogP) is 6.38. The van der Waals surface area contributed by atoms with Crippen molar-refractivity contribution in [2.45, 2.75) is 27.4 Å². The number of likely N-dealkylation sites (N-methyl/N-ethyl adjacent to an activating group) is 1. The molecule has 0 aromatic heterocycles. The largest absolute Gasteiger partial charge is 0.490 e. The van der Waals surface area contributed by atoms with Crippen LogP contribution in [0, 0.1) is 6.92 Å². The van der Waals surface area contributed by atoms with E-state index in [4.69, 9.17) is 14.2 Å². The van der Waals surface area contributed by atoms with Crippen LogP contribution in [0.5, 0.6) is 11.5 Å². The Hall–Kier alpha value is -4.04. The highest BCUT2D eigenvalue weighted by Gasteiger charge is 2.32. The third-order valence-corrected chi connectivity index (χ3v) is 6.75. The van der Waals surface area contributed by atoms with Crippen molar-refractivity contribution in [1.29, 1.82) is 0 Å². The molecule has 4 rings (SSSR count). The lowest BCUT2D eigenvalue weighted by molar-refractivity contribution is -0.122. The second-order valence-electron chi connectivity index (χ2n) is 8.51. The second kappa shape index (κ2) is 12.5. The van der Waals surface area contributed by atoms with Crippen LogP contribution >= 0.6 is 11.8 Å². The van der Waals surface area contributed by atoms with Gasteiger partial charge in [-0.15, -0.1) is 0 Å². The van der Waals surface area contributed by atoms with Gasteiger partial charge in [-0.3, -0.25) is 9.69 Å². The average Bonchev–Trinajstić information content (AvgIpc) is 3.21. The number of thioether (sulfide) groups is 1. The van der Waals surface area contributed by atoms with Crippen molar-refractivity contribution >= 4 is 40.6 Å². The Morgan fingerprint density at radius 1 is 1.00 bits per heavy atom. The fourth-order valence-corrected chi connectivity index (χ4v) is 4.98. The average molecular weight is 531 g/mol. The maximum atomic E-state index is 13.2. The number of amides is 1. The number of aryl methyl sites for hydroxylation is 1. The number of aliphatic imine (C=N–C) groups is 1. The number of amidine groups is 1. The van der Waals surface area contributed by atoms with Crippen molar-refractivity contribution in [3.05, 3.63) is 93.9 Å². The van der Waals surface area contributed by atoms with Gasteiger partial charge in [0, 0.05) is 6.54 Å². The van der Waals surface area contributed by atoms with Gasteiger partial charge in [0.15, 0.2) is 16.7 Å². The van der Waals surface area contributed by atoms with Crippen molar-refractivity contribution < 1.29 is 23.8 Å². The molecule has 0 saturated carbocycles. The SMILES string of the molecule is CCOc1cc(C=C2SC(=Nc3cccc(C(=O)OC)c3)N(CC)C2=O)ccc1OCc1cccc(C)c1. The van der Waals surface area contributed by atoms with E-state index in [0.717, 1.165) is 11.1 Å². The number of hydrogen-bond donors (Lipinski definition) is 0. The molecule has 1 heterocycles. The van der Waals surface area contributed by atoms with E-state index < -0.39 is 5.97 Å². The smallest absolute Gasteiger partial charge is 0.337 e. The van der Waals surface area contributed by atoms with Crippen LogP contribution in [0.15, 0.2) is 76.6 Å². The van der Waals surface area contributed by atoms with Crippen LogP contribution in [0.4, 0.5) is 5.69 Å². The lowest BCUT2D eigenvalue weighted by Crippen LogP contribution is -2.28. The summed E-state index contributed by atoms with van der Waals surface area (Å²) in [6.45, 7) is 7.25. The number of methoxy groups -OCH3 is 1. The van der Waals surface area contributed by atoms with Gasteiger partial charge >= 0.3 is 5.97 Å². The van der Waals surface area contributed by atoms with Gasteiger partial charge in [0.1, 0.15) is 6.61 Å². The molecule has 0 aliphatic carbocycles. The Labute approximate surface area is 227 Å². The molecule has 3 aromatic carbocycles. The van der Waals surface area contributed by atoms with Crippen molar-refractivity contribution in [3.8, 4) is 11.5 Å². The van der Waals surface area contributed by atoms with E-state index in [-0.39, 0.29) is 5.91 Å². The Kier molecular flexibility index (Phi) is 8.86. The quantitative estimate of drug-likeness (QED) is 0.236.